The number of aryl methyl sites for hydroxylation is 1. The molecule has 0 saturated heterocycles. The Morgan fingerprint density at radius 3 is 2.50 bits per heavy atom. The molecule has 1 rings (SSSR count). The van der Waals surface area contributed by atoms with Gasteiger partial charge in [-0.25, -0.2) is 4.79 Å². The molecule has 0 bridgehead atoms. The van der Waals surface area contributed by atoms with Crippen LogP contribution in [0.15, 0.2) is 18.2 Å². The van der Waals surface area contributed by atoms with Gasteiger partial charge in [0.1, 0.15) is 11.3 Å². The highest BCUT2D eigenvalue weighted by Gasteiger charge is 2.19. The third-order valence-corrected chi connectivity index (χ3v) is 2.90. The van der Waals surface area contributed by atoms with Gasteiger partial charge in [-0.2, -0.15) is 0 Å². The standard InChI is InChI=1S/C16H22O4/c1-4-7-9-12-10-8-11-13(16(18)19-6-3)15(12)20-14(17)5-2/h8,10-11H,4-7,9H2,1-3H3. The minimum Gasteiger partial charge on any atom is -0.462 e. The summed E-state index contributed by atoms with van der Waals surface area (Å²) in [6, 6.07) is 5.31. The summed E-state index contributed by atoms with van der Waals surface area (Å²) in [6.07, 6.45) is 3.05. The first-order valence-electron chi connectivity index (χ1n) is 7.13. The maximum Gasteiger partial charge on any atom is 0.341 e. The topological polar surface area (TPSA) is 52.6 Å². The Balaban J connectivity index is 3.13. The molecule has 0 N–H and O–H groups in total. The predicted molar refractivity (Wildman–Crippen MR) is 76.9 cm³/mol. The molecule has 0 saturated carbocycles. The Labute approximate surface area is 120 Å². The summed E-state index contributed by atoms with van der Waals surface area (Å²) in [4.78, 5) is 23.5. The summed E-state index contributed by atoms with van der Waals surface area (Å²) in [6.45, 7) is 5.85. The van der Waals surface area contributed by atoms with Crippen LogP contribution >= 0.6 is 0 Å². The highest BCUT2D eigenvalue weighted by molar-refractivity contribution is 5.94. The fourth-order valence-corrected chi connectivity index (χ4v) is 1.83. The molecule has 0 amide bonds. The van der Waals surface area contributed by atoms with Crippen LogP contribution in [0.5, 0.6) is 5.75 Å². The lowest BCUT2D eigenvalue weighted by Crippen LogP contribution is -2.13. The van der Waals surface area contributed by atoms with E-state index in [9.17, 15) is 9.59 Å². The monoisotopic (exact) mass is 278 g/mol. The number of hydrogen-bond acceptors (Lipinski definition) is 4. The van der Waals surface area contributed by atoms with Gasteiger partial charge in [-0.05, 0) is 31.4 Å². The van der Waals surface area contributed by atoms with Crippen LogP contribution < -0.4 is 4.74 Å². The fourth-order valence-electron chi connectivity index (χ4n) is 1.83. The van der Waals surface area contributed by atoms with Gasteiger partial charge in [-0.1, -0.05) is 32.4 Å². The van der Waals surface area contributed by atoms with E-state index in [-0.39, 0.29) is 12.4 Å². The zero-order valence-electron chi connectivity index (χ0n) is 12.4. The number of unbranched alkanes of at least 4 members (excludes halogenated alkanes) is 1. The van der Waals surface area contributed by atoms with Crippen molar-refractivity contribution < 1.29 is 19.1 Å². The second-order valence-corrected chi connectivity index (χ2v) is 4.45. The Hall–Kier alpha value is -1.84. The number of rotatable bonds is 7. The van der Waals surface area contributed by atoms with Gasteiger partial charge in [0, 0.05) is 6.42 Å². The first-order valence-corrected chi connectivity index (χ1v) is 7.13. The highest BCUT2D eigenvalue weighted by atomic mass is 16.5. The molecule has 110 valence electrons. The van der Waals surface area contributed by atoms with E-state index in [2.05, 4.69) is 6.92 Å². The van der Waals surface area contributed by atoms with Gasteiger partial charge in [0.25, 0.3) is 0 Å². The van der Waals surface area contributed by atoms with E-state index < -0.39 is 5.97 Å². The Morgan fingerprint density at radius 1 is 1.15 bits per heavy atom. The third-order valence-electron chi connectivity index (χ3n) is 2.90. The quantitative estimate of drug-likeness (QED) is 0.565. The van der Waals surface area contributed by atoms with Gasteiger partial charge in [-0.15, -0.1) is 0 Å². The van der Waals surface area contributed by atoms with Crippen molar-refractivity contribution in [3.05, 3.63) is 29.3 Å². The van der Waals surface area contributed by atoms with Crippen molar-refractivity contribution >= 4 is 11.9 Å². The van der Waals surface area contributed by atoms with Crippen LogP contribution in [-0.2, 0) is 16.0 Å². The normalized spacial score (nSPS) is 10.2. The maximum atomic E-state index is 11.9. The molecule has 0 aliphatic carbocycles. The Morgan fingerprint density at radius 2 is 1.90 bits per heavy atom. The van der Waals surface area contributed by atoms with Gasteiger partial charge in [0.05, 0.1) is 6.61 Å². The van der Waals surface area contributed by atoms with E-state index in [0.717, 1.165) is 24.8 Å². The first-order chi connectivity index (χ1) is 9.63. The summed E-state index contributed by atoms with van der Waals surface area (Å²) in [5.74, 6) is -0.449. The summed E-state index contributed by atoms with van der Waals surface area (Å²) in [7, 11) is 0. The van der Waals surface area contributed by atoms with Crippen molar-refractivity contribution in [1.29, 1.82) is 0 Å². The van der Waals surface area contributed by atoms with E-state index in [0.29, 0.717) is 17.9 Å². The van der Waals surface area contributed by atoms with Crippen LogP contribution in [0, 0.1) is 0 Å². The molecule has 20 heavy (non-hydrogen) atoms. The van der Waals surface area contributed by atoms with Crippen molar-refractivity contribution in [1.82, 2.24) is 0 Å². The molecular weight excluding hydrogens is 256 g/mol. The number of carbonyl (C=O) groups excluding carboxylic acids is 2. The smallest absolute Gasteiger partial charge is 0.341 e. The van der Waals surface area contributed by atoms with Gasteiger partial charge in [0.15, 0.2) is 0 Å². The SMILES string of the molecule is CCCCc1cccc(C(=O)OCC)c1OC(=O)CC. The van der Waals surface area contributed by atoms with Crippen LogP contribution in [-0.4, -0.2) is 18.5 Å². The van der Waals surface area contributed by atoms with Crippen molar-refractivity contribution in [2.45, 2.75) is 46.5 Å². The second kappa shape index (κ2) is 8.35. The number of esters is 2. The van der Waals surface area contributed by atoms with Gasteiger partial charge < -0.3 is 9.47 Å². The van der Waals surface area contributed by atoms with Gasteiger partial charge in [0.2, 0.25) is 0 Å². The van der Waals surface area contributed by atoms with Crippen molar-refractivity contribution in [3.63, 3.8) is 0 Å². The molecule has 0 spiro atoms. The molecule has 0 aliphatic heterocycles. The van der Waals surface area contributed by atoms with E-state index >= 15 is 0 Å². The fraction of sp³-hybridized carbons (Fsp3) is 0.500. The van der Waals surface area contributed by atoms with Gasteiger partial charge >= 0.3 is 11.9 Å². The van der Waals surface area contributed by atoms with E-state index in [1.54, 1.807) is 26.0 Å². The van der Waals surface area contributed by atoms with Crippen molar-refractivity contribution in [3.8, 4) is 5.75 Å². The summed E-state index contributed by atoms with van der Waals surface area (Å²) >= 11 is 0. The lowest BCUT2D eigenvalue weighted by Gasteiger charge is -2.13. The van der Waals surface area contributed by atoms with Crippen LogP contribution in [0.1, 0.15) is 56.0 Å². The first kappa shape index (κ1) is 16.2. The largest absolute Gasteiger partial charge is 0.462 e. The van der Waals surface area contributed by atoms with E-state index in [4.69, 9.17) is 9.47 Å². The average Bonchev–Trinajstić information content (AvgIpc) is 2.46. The summed E-state index contributed by atoms with van der Waals surface area (Å²) < 4.78 is 10.4. The van der Waals surface area contributed by atoms with Crippen LogP contribution in [0.3, 0.4) is 0 Å². The van der Waals surface area contributed by atoms with Crippen molar-refractivity contribution in [2.75, 3.05) is 6.61 Å². The second-order valence-electron chi connectivity index (χ2n) is 4.45. The number of carbonyl (C=O) groups is 2. The predicted octanol–water partition coefficient (Wildman–Crippen LogP) is 3.52. The van der Waals surface area contributed by atoms with Crippen LogP contribution in [0.2, 0.25) is 0 Å². The Kier molecular flexibility index (Phi) is 6.77. The van der Waals surface area contributed by atoms with E-state index in [1.165, 1.54) is 0 Å². The maximum absolute atomic E-state index is 11.9. The molecule has 4 heteroatoms. The molecule has 0 aromatic heterocycles. The number of ether oxygens (including phenoxy) is 2. The van der Waals surface area contributed by atoms with Crippen LogP contribution in [0.4, 0.5) is 0 Å². The van der Waals surface area contributed by atoms with Crippen LogP contribution in [0.25, 0.3) is 0 Å². The zero-order valence-corrected chi connectivity index (χ0v) is 12.4. The zero-order chi connectivity index (χ0) is 15.0. The molecule has 4 nitrogen and oxygen atoms in total. The number of para-hydroxylation sites is 1. The summed E-state index contributed by atoms with van der Waals surface area (Å²) in [5.41, 5.74) is 1.20. The average molecular weight is 278 g/mol. The minimum atomic E-state index is -0.454. The molecule has 0 aliphatic rings. The van der Waals surface area contributed by atoms with Gasteiger partial charge in [-0.3, -0.25) is 4.79 Å². The number of benzene rings is 1. The summed E-state index contributed by atoms with van der Waals surface area (Å²) in [5, 5.41) is 0. The minimum absolute atomic E-state index is 0.268. The lowest BCUT2D eigenvalue weighted by molar-refractivity contribution is -0.134. The number of hydrogen-bond donors (Lipinski definition) is 0. The Bertz CT molecular complexity index is 466. The molecule has 0 unspecified atom stereocenters. The lowest BCUT2D eigenvalue weighted by atomic mass is 10.0. The highest BCUT2D eigenvalue weighted by Crippen LogP contribution is 2.27. The molecule has 0 heterocycles. The molecule has 1 aromatic rings. The van der Waals surface area contributed by atoms with E-state index in [1.807, 2.05) is 6.07 Å². The molecule has 1 aromatic carbocycles. The third kappa shape index (κ3) is 4.37. The molecular formula is C16H22O4. The van der Waals surface area contributed by atoms with Crippen molar-refractivity contribution in [2.24, 2.45) is 0 Å². The molecule has 0 fully saturated rings. The molecule has 0 radical (unpaired) electrons. The molecule has 0 atom stereocenters.